The highest BCUT2D eigenvalue weighted by Gasteiger charge is 2.19. The summed E-state index contributed by atoms with van der Waals surface area (Å²) in [5, 5.41) is 4.07. The Bertz CT molecular complexity index is 373. The standard InChI is InChI=1S/C14H25N3O2/c1-4-17(8-12-5-6-18-10-12)9-13-15-14(19-16-13)7-11(2)3/h11-12H,4-10H2,1-3H3/t12-/m1/s1. The van der Waals surface area contributed by atoms with E-state index in [1.807, 2.05) is 0 Å². The summed E-state index contributed by atoms with van der Waals surface area (Å²) < 4.78 is 10.7. The van der Waals surface area contributed by atoms with Crippen LogP contribution < -0.4 is 0 Å². The van der Waals surface area contributed by atoms with Gasteiger partial charge in [0.25, 0.3) is 0 Å². The minimum absolute atomic E-state index is 0.547. The summed E-state index contributed by atoms with van der Waals surface area (Å²) in [6, 6.07) is 0. The van der Waals surface area contributed by atoms with Crippen LogP contribution in [-0.2, 0) is 17.7 Å². The van der Waals surface area contributed by atoms with Gasteiger partial charge in [0.05, 0.1) is 13.2 Å². The molecule has 108 valence electrons. The quantitative estimate of drug-likeness (QED) is 0.757. The molecule has 1 fully saturated rings. The zero-order valence-electron chi connectivity index (χ0n) is 12.3. The van der Waals surface area contributed by atoms with Crippen molar-refractivity contribution in [2.45, 2.75) is 40.2 Å². The topological polar surface area (TPSA) is 51.4 Å². The van der Waals surface area contributed by atoms with Gasteiger partial charge in [-0.15, -0.1) is 0 Å². The Hall–Kier alpha value is -0.940. The zero-order chi connectivity index (χ0) is 13.7. The molecule has 0 saturated carbocycles. The molecule has 1 aromatic rings. The summed E-state index contributed by atoms with van der Waals surface area (Å²) in [6.45, 7) is 11.1. The number of hydrogen-bond acceptors (Lipinski definition) is 5. The maximum atomic E-state index is 5.42. The second kappa shape index (κ2) is 7.01. The predicted molar refractivity (Wildman–Crippen MR) is 72.7 cm³/mol. The Labute approximate surface area is 115 Å². The third kappa shape index (κ3) is 4.58. The van der Waals surface area contributed by atoms with Crippen LogP contribution >= 0.6 is 0 Å². The van der Waals surface area contributed by atoms with Crippen molar-refractivity contribution < 1.29 is 9.26 Å². The Morgan fingerprint density at radius 2 is 2.26 bits per heavy atom. The molecule has 0 aromatic carbocycles. The Balaban J connectivity index is 1.84. The van der Waals surface area contributed by atoms with Gasteiger partial charge in [-0.2, -0.15) is 4.98 Å². The molecule has 2 heterocycles. The van der Waals surface area contributed by atoms with Crippen LogP contribution in [0.4, 0.5) is 0 Å². The lowest BCUT2D eigenvalue weighted by atomic mass is 10.1. The van der Waals surface area contributed by atoms with Crippen molar-refractivity contribution >= 4 is 0 Å². The van der Waals surface area contributed by atoms with Crippen LogP contribution in [0.3, 0.4) is 0 Å². The Morgan fingerprint density at radius 3 is 2.89 bits per heavy atom. The van der Waals surface area contributed by atoms with Gasteiger partial charge < -0.3 is 9.26 Å². The van der Waals surface area contributed by atoms with Gasteiger partial charge in [0.15, 0.2) is 5.82 Å². The van der Waals surface area contributed by atoms with E-state index in [4.69, 9.17) is 9.26 Å². The van der Waals surface area contributed by atoms with Crippen molar-refractivity contribution in [1.29, 1.82) is 0 Å². The average Bonchev–Trinajstić information content (AvgIpc) is 3.00. The fraction of sp³-hybridized carbons (Fsp3) is 0.857. The molecule has 0 bridgehead atoms. The molecule has 0 N–H and O–H groups in total. The number of hydrogen-bond donors (Lipinski definition) is 0. The summed E-state index contributed by atoms with van der Waals surface area (Å²) in [5.74, 6) is 2.76. The normalized spacial score (nSPS) is 19.7. The lowest BCUT2D eigenvalue weighted by Crippen LogP contribution is -2.29. The molecule has 5 nitrogen and oxygen atoms in total. The summed E-state index contributed by atoms with van der Waals surface area (Å²) in [6.07, 6.45) is 2.02. The van der Waals surface area contributed by atoms with E-state index in [1.54, 1.807) is 0 Å². The van der Waals surface area contributed by atoms with Crippen LogP contribution in [0.2, 0.25) is 0 Å². The Morgan fingerprint density at radius 1 is 1.42 bits per heavy atom. The van der Waals surface area contributed by atoms with Crippen LogP contribution in [0, 0.1) is 11.8 Å². The molecule has 0 unspecified atom stereocenters. The molecule has 5 heteroatoms. The number of nitrogens with zero attached hydrogens (tertiary/aromatic N) is 3. The van der Waals surface area contributed by atoms with Crippen LogP contribution in [0.15, 0.2) is 4.52 Å². The van der Waals surface area contributed by atoms with Crippen molar-refractivity contribution in [3.63, 3.8) is 0 Å². The van der Waals surface area contributed by atoms with E-state index in [0.29, 0.717) is 11.8 Å². The first-order chi connectivity index (χ1) is 9.17. The highest BCUT2D eigenvalue weighted by molar-refractivity contribution is 4.87. The van der Waals surface area contributed by atoms with Crippen molar-refractivity contribution in [2.24, 2.45) is 11.8 Å². The van der Waals surface area contributed by atoms with Gasteiger partial charge in [-0.25, -0.2) is 0 Å². The van der Waals surface area contributed by atoms with Crippen molar-refractivity contribution in [3.05, 3.63) is 11.7 Å². The largest absolute Gasteiger partial charge is 0.381 e. The number of ether oxygens (including phenoxy) is 1. The first kappa shape index (κ1) is 14.5. The van der Waals surface area contributed by atoms with Crippen molar-refractivity contribution in [2.75, 3.05) is 26.3 Å². The summed E-state index contributed by atoms with van der Waals surface area (Å²) in [5.41, 5.74) is 0. The third-order valence-electron chi connectivity index (χ3n) is 3.45. The van der Waals surface area contributed by atoms with Gasteiger partial charge in [0.1, 0.15) is 0 Å². The van der Waals surface area contributed by atoms with E-state index in [9.17, 15) is 0 Å². The smallest absolute Gasteiger partial charge is 0.226 e. The van der Waals surface area contributed by atoms with Gasteiger partial charge >= 0.3 is 0 Å². The number of aromatic nitrogens is 2. The van der Waals surface area contributed by atoms with Crippen LogP contribution in [-0.4, -0.2) is 41.3 Å². The van der Waals surface area contributed by atoms with Crippen molar-refractivity contribution in [1.82, 2.24) is 15.0 Å². The van der Waals surface area contributed by atoms with Gasteiger partial charge in [-0.05, 0) is 24.8 Å². The molecule has 0 radical (unpaired) electrons. The van der Waals surface area contributed by atoms with E-state index in [0.717, 1.165) is 51.0 Å². The second-order valence-corrected chi connectivity index (χ2v) is 5.76. The fourth-order valence-electron chi connectivity index (χ4n) is 2.38. The molecule has 0 spiro atoms. The molecule has 2 rings (SSSR count). The van der Waals surface area contributed by atoms with E-state index in [1.165, 1.54) is 6.42 Å². The van der Waals surface area contributed by atoms with E-state index < -0.39 is 0 Å². The summed E-state index contributed by atoms with van der Waals surface area (Å²) >= 11 is 0. The first-order valence-electron chi connectivity index (χ1n) is 7.29. The second-order valence-electron chi connectivity index (χ2n) is 5.76. The molecule has 19 heavy (non-hydrogen) atoms. The molecule has 1 atom stereocenters. The van der Waals surface area contributed by atoms with E-state index >= 15 is 0 Å². The Kier molecular flexibility index (Phi) is 5.34. The lowest BCUT2D eigenvalue weighted by Gasteiger charge is -2.21. The molecule has 0 aliphatic carbocycles. The minimum Gasteiger partial charge on any atom is -0.381 e. The van der Waals surface area contributed by atoms with Gasteiger partial charge in [-0.1, -0.05) is 25.9 Å². The molecule has 1 aliphatic rings. The zero-order valence-corrected chi connectivity index (χ0v) is 12.3. The minimum atomic E-state index is 0.547. The van der Waals surface area contributed by atoms with Gasteiger partial charge in [-0.3, -0.25) is 4.90 Å². The van der Waals surface area contributed by atoms with E-state index in [-0.39, 0.29) is 0 Å². The average molecular weight is 267 g/mol. The maximum Gasteiger partial charge on any atom is 0.226 e. The highest BCUT2D eigenvalue weighted by Crippen LogP contribution is 2.15. The van der Waals surface area contributed by atoms with E-state index in [2.05, 4.69) is 35.8 Å². The van der Waals surface area contributed by atoms with Crippen LogP contribution in [0.25, 0.3) is 0 Å². The van der Waals surface area contributed by atoms with Crippen molar-refractivity contribution in [3.8, 4) is 0 Å². The lowest BCUT2D eigenvalue weighted by molar-refractivity contribution is 0.165. The maximum absolute atomic E-state index is 5.42. The fourth-order valence-corrected chi connectivity index (χ4v) is 2.38. The van der Waals surface area contributed by atoms with Crippen LogP contribution in [0.5, 0.6) is 0 Å². The first-order valence-corrected chi connectivity index (χ1v) is 7.29. The predicted octanol–water partition coefficient (Wildman–Crippen LogP) is 2.13. The molecular weight excluding hydrogens is 242 g/mol. The molecular formula is C14H25N3O2. The molecule has 1 saturated heterocycles. The van der Waals surface area contributed by atoms with Gasteiger partial charge in [0, 0.05) is 19.6 Å². The molecule has 0 amide bonds. The molecule has 1 aromatic heterocycles. The SMILES string of the molecule is CCN(Cc1noc(CC(C)C)n1)C[C@H]1CCOC1. The number of rotatable bonds is 7. The van der Waals surface area contributed by atoms with Crippen LogP contribution in [0.1, 0.15) is 38.9 Å². The summed E-state index contributed by atoms with van der Waals surface area (Å²) in [4.78, 5) is 6.83. The summed E-state index contributed by atoms with van der Waals surface area (Å²) in [7, 11) is 0. The monoisotopic (exact) mass is 267 g/mol. The highest BCUT2D eigenvalue weighted by atomic mass is 16.5. The third-order valence-corrected chi connectivity index (χ3v) is 3.45. The molecule has 1 aliphatic heterocycles. The van der Waals surface area contributed by atoms with Gasteiger partial charge in [0.2, 0.25) is 5.89 Å².